The Kier molecular flexibility index (Phi) is 5.20. The largest absolute Gasteiger partial charge is 0.396 e. The van der Waals surface area contributed by atoms with Gasteiger partial charge in [0.15, 0.2) is 0 Å². The van der Waals surface area contributed by atoms with Crippen LogP contribution in [-0.4, -0.2) is 34.6 Å². The van der Waals surface area contributed by atoms with Crippen molar-refractivity contribution in [1.82, 2.24) is 5.32 Å². The lowest BCUT2D eigenvalue weighted by Crippen LogP contribution is -2.65. The van der Waals surface area contributed by atoms with Crippen molar-refractivity contribution in [3.63, 3.8) is 0 Å². The van der Waals surface area contributed by atoms with E-state index in [9.17, 15) is 0 Å². The zero-order chi connectivity index (χ0) is 12.3. The lowest BCUT2D eigenvalue weighted by Gasteiger charge is -2.42. The molecule has 3 atom stereocenters. The Morgan fingerprint density at radius 3 is 1.80 bits per heavy atom. The molecule has 92 valence electrons. The zero-order valence-electron chi connectivity index (χ0n) is 10.5. The zero-order valence-corrected chi connectivity index (χ0v) is 10.5. The van der Waals surface area contributed by atoms with E-state index < -0.39 is 5.66 Å². The van der Waals surface area contributed by atoms with E-state index >= 15 is 0 Å². The third-order valence-electron chi connectivity index (χ3n) is 3.39. The summed E-state index contributed by atoms with van der Waals surface area (Å²) in [4.78, 5) is 0. The smallest absolute Gasteiger partial charge is 0.0685 e. The summed E-state index contributed by atoms with van der Waals surface area (Å²) in [7, 11) is 0. The van der Waals surface area contributed by atoms with Crippen molar-refractivity contribution in [3.05, 3.63) is 0 Å². The summed E-state index contributed by atoms with van der Waals surface area (Å²) in [5, 5.41) is 21.5. The first-order valence-electron chi connectivity index (χ1n) is 5.47. The summed E-state index contributed by atoms with van der Waals surface area (Å²) < 4.78 is 0. The maximum Gasteiger partial charge on any atom is 0.0685 e. The van der Waals surface area contributed by atoms with Gasteiger partial charge in [0, 0.05) is 24.7 Å². The molecule has 0 spiro atoms. The third-order valence-corrected chi connectivity index (χ3v) is 3.39. The molecular formula is C11H26N2O2. The molecule has 0 amide bonds. The molecule has 0 fully saturated rings. The van der Waals surface area contributed by atoms with Crippen LogP contribution in [0.3, 0.4) is 0 Å². The molecule has 0 bridgehead atoms. The van der Waals surface area contributed by atoms with E-state index in [2.05, 4.69) is 5.32 Å². The van der Waals surface area contributed by atoms with Gasteiger partial charge in [-0.1, -0.05) is 13.8 Å². The van der Waals surface area contributed by atoms with Crippen LogP contribution in [-0.2, 0) is 0 Å². The Labute approximate surface area is 92.9 Å². The Morgan fingerprint density at radius 2 is 1.47 bits per heavy atom. The van der Waals surface area contributed by atoms with Gasteiger partial charge >= 0.3 is 0 Å². The van der Waals surface area contributed by atoms with Gasteiger partial charge in [0.1, 0.15) is 0 Å². The SMILES string of the molecule is CC(CO)C(C)(C)NC(C)(N)C(C)CO. The fourth-order valence-corrected chi connectivity index (χ4v) is 1.36. The molecular weight excluding hydrogens is 192 g/mol. The monoisotopic (exact) mass is 218 g/mol. The molecule has 0 heterocycles. The molecule has 0 radical (unpaired) electrons. The lowest BCUT2D eigenvalue weighted by atomic mass is 9.85. The molecule has 0 saturated carbocycles. The van der Waals surface area contributed by atoms with E-state index in [0.717, 1.165) is 0 Å². The van der Waals surface area contributed by atoms with Gasteiger partial charge < -0.3 is 15.9 Å². The molecule has 4 heteroatoms. The highest BCUT2D eigenvalue weighted by Gasteiger charge is 2.35. The molecule has 3 unspecified atom stereocenters. The first-order chi connectivity index (χ1) is 6.67. The van der Waals surface area contributed by atoms with Crippen molar-refractivity contribution in [2.24, 2.45) is 17.6 Å². The molecule has 0 aliphatic heterocycles. The average Bonchev–Trinajstić information content (AvgIpc) is 2.13. The predicted octanol–water partition coefficient (Wildman–Crippen LogP) is 0.286. The normalized spacial score (nSPS) is 20.8. The molecule has 4 nitrogen and oxygen atoms in total. The second kappa shape index (κ2) is 5.25. The Balaban J connectivity index is 4.56. The van der Waals surface area contributed by atoms with Crippen LogP contribution in [0.15, 0.2) is 0 Å². The molecule has 0 aromatic rings. The van der Waals surface area contributed by atoms with Gasteiger partial charge in [0.05, 0.1) is 5.66 Å². The fraction of sp³-hybridized carbons (Fsp3) is 1.00. The maximum atomic E-state index is 9.13. The highest BCUT2D eigenvalue weighted by atomic mass is 16.3. The summed E-state index contributed by atoms with van der Waals surface area (Å²) in [6.07, 6.45) is 0. The number of nitrogens with two attached hydrogens (primary N) is 1. The van der Waals surface area contributed by atoms with Crippen LogP contribution in [0, 0.1) is 11.8 Å². The average molecular weight is 218 g/mol. The third kappa shape index (κ3) is 4.07. The van der Waals surface area contributed by atoms with Gasteiger partial charge in [-0.25, -0.2) is 0 Å². The number of nitrogens with one attached hydrogen (secondary N) is 1. The molecule has 0 aromatic carbocycles. The quantitative estimate of drug-likeness (QED) is 0.483. The fourth-order valence-electron chi connectivity index (χ4n) is 1.36. The molecule has 0 saturated heterocycles. The highest BCUT2D eigenvalue weighted by molar-refractivity contribution is 4.92. The summed E-state index contributed by atoms with van der Waals surface area (Å²) in [5.74, 6) is 0.0638. The van der Waals surface area contributed by atoms with Crippen molar-refractivity contribution >= 4 is 0 Å². The minimum absolute atomic E-state index is 0.0392. The number of hydrogen-bond acceptors (Lipinski definition) is 4. The minimum atomic E-state index is -0.637. The second-order valence-corrected chi connectivity index (χ2v) is 5.30. The van der Waals surface area contributed by atoms with E-state index in [4.69, 9.17) is 15.9 Å². The van der Waals surface area contributed by atoms with Crippen LogP contribution in [0.5, 0.6) is 0 Å². The second-order valence-electron chi connectivity index (χ2n) is 5.30. The topological polar surface area (TPSA) is 78.5 Å². The van der Waals surface area contributed by atoms with Crippen LogP contribution in [0.2, 0.25) is 0 Å². The highest BCUT2D eigenvalue weighted by Crippen LogP contribution is 2.21. The molecule has 5 N–H and O–H groups in total. The van der Waals surface area contributed by atoms with Crippen molar-refractivity contribution < 1.29 is 10.2 Å². The Hall–Kier alpha value is -0.160. The van der Waals surface area contributed by atoms with E-state index in [0.29, 0.717) is 0 Å². The summed E-state index contributed by atoms with van der Waals surface area (Å²) in [5.41, 5.74) is 5.20. The van der Waals surface area contributed by atoms with E-state index in [1.807, 2.05) is 34.6 Å². The molecule has 0 rings (SSSR count). The van der Waals surface area contributed by atoms with Crippen molar-refractivity contribution in [1.29, 1.82) is 0 Å². The van der Waals surface area contributed by atoms with Gasteiger partial charge in [-0.05, 0) is 26.7 Å². The Morgan fingerprint density at radius 1 is 1.07 bits per heavy atom. The van der Waals surface area contributed by atoms with Crippen LogP contribution in [0.1, 0.15) is 34.6 Å². The first-order valence-corrected chi connectivity index (χ1v) is 5.47. The maximum absolute atomic E-state index is 9.13. The van der Waals surface area contributed by atoms with Gasteiger partial charge in [-0.2, -0.15) is 0 Å². The van der Waals surface area contributed by atoms with Gasteiger partial charge in [0.2, 0.25) is 0 Å². The molecule has 15 heavy (non-hydrogen) atoms. The van der Waals surface area contributed by atoms with Crippen LogP contribution in [0.25, 0.3) is 0 Å². The van der Waals surface area contributed by atoms with Crippen molar-refractivity contribution in [2.75, 3.05) is 13.2 Å². The van der Waals surface area contributed by atoms with E-state index in [1.165, 1.54) is 0 Å². The van der Waals surface area contributed by atoms with E-state index in [-0.39, 0.29) is 30.6 Å². The molecule has 0 aliphatic rings. The first kappa shape index (κ1) is 14.8. The van der Waals surface area contributed by atoms with Crippen LogP contribution < -0.4 is 11.1 Å². The van der Waals surface area contributed by atoms with Gasteiger partial charge in [-0.15, -0.1) is 0 Å². The van der Waals surface area contributed by atoms with Crippen LogP contribution >= 0.6 is 0 Å². The predicted molar refractivity (Wildman–Crippen MR) is 62.3 cm³/mol. The van der Waals surface area contributed by atoms with Crippen molar-refractivity contribution in [3.8, 4) is 0 Å². The summed E-state index contributed by atoms with van der Waals surface area (Å²) in [6.45, 7) is 9.89. The van der Waals surface area contributed by atoms with Gasteiger partial charge in [0.25, 0.3) is 0 Å². The lowest BCUT2D eigenvalue weighted by molar-refractivity contribution is 0.0829. The van der Waals surface area contributed by atoms with Crippen molar-refractivity contribution in [2.45, 2.75) is 45.8 Å². The summed E-state index contributed by atoms with van der Waals surface area (Å²) in [6, 6.07) is 0. The Bertz CT molecular complexity index is 173. The number of aliphatic hydroxyl groups is 2. The minimum Gasteiger partial charge on any atom is -0.396 e. The number of hydrogen-bond donors (Lipinski definition) is 4. The molecule has 0 aromatic heterocycles. The van der Waals surface area contributed by atoms with Gasteiger partial charge in [-0.3, -0.25) is 5.32 Å². The number of aliphatic hydroxyl groups excluding tert-OH is 2. The molecule has 0 aliphatic carbocycles. The summed E-state index contributed by atoms with van der Waals surface area (Å²) >= 11 is 0. The standard InChI is InChI=1S/C11H26N2O2/c1-8(6-14)10(3,4)13-11(5,12)9(2)7-15/h8-9,13-15H,6-7,12H2,1-5H3. The van der Waals surface area contributed by atoms with E-state index in [1.54, 1.807) is 0 Å². The number of rotatable bonds is 6. The van der Waals surface area contributed by atoms with Crippen LogP contribution in [0.4, 0.5) is 0 Å².